The van der Waals surface area contributed by atoms with Gasteiger partial charge in [0, 0.05) is 5.92 Å². The number of nitrogens with two attached hydrogens (primary N) is 1. The van der Waals surface area contributed by atoms with Gasteiger partial charge in [-0.05, 0) is 0 Å². The van der Waals surface area contributed by atoms with Crippen molar-refractivity contribution in [2.45, 2.75) is 6.92 Å². The third-order valence-corrected chi connectivity index (χ3v) is 2.29. The minimum atomic E-state index is -1.20. The largest absolute Gasteiger partial charge is 0.396 e. The third kappa shape index (κ3) is 1.94. The Morgan fingerprint density at radius 1 is 1.33 bits per heavy atom. The van der Waals surface area contributed by atoms with Crippen molar-refractivity contribution in [1.82, 2.24) is 0 Å². The van der Waals surface area contributed by atoms with Crippen LogP contribution in [0.2, 0.25) is 0 Å². The number of hydrogen-bond donors (Lipinski definition) is 4. The zero-order valence-electron chi connectivity index (χ0n) is 7.03. The highest BCUT2D eigenvalue weighted by Crippen LogP contribution is 2.25. The molecule has 0 aromatic rings. The first-order valence-electron chi connectivity index (χ1n) is 3.66. The van der Waals surface area contributed by atoms with E-state index in [0.717, 1.165) is 0 Å². The van der Waals surface area contributed by atoms with Crippen LogP contribution in [-0.2, 0) is 4.79 Å². The Bertz CT molecular complexity index is 147. The minimum Gasteiger partial charge on any atom is -0.396 e. The summed E-state index contributed by atoms with van der Waals surface area (Å²) in [5.41, 5.74) is 3.77. The van der Waals surface area contributed by atoms with Crippen molar-refractivity contribution in [3.05, 3.63) is 0 Å². The fourth-order valence-corrected chi connectivity index (χ4v) is 0.863. The Labute approximate surface area is 70.8 Å². The van der Waals surface area contributed by atoms with Crippen molar-refractivity contribution in [3.63, 3.8) is 0 Å². The average Bonchev–Trinajstić information content (AvgIpc) is 2.08. The lowest BCUT2D eigenvalue weighted by molar-refractivity contribution is -0.131. The Hall–Kier alpha value is -0.650. The molecule has 1 atom stereocenters. The van der Waals surface area contributed by atoms with Crippen LogP contribution in [0.3, 0.4) is 0 Å². The number of primary amides is 1. The van der Waals surface area contributed by atoms with Crippen molar-refractivity contribution in [3.8, 4) is 0 Å². The molecular weight excluding hydrogens is 162 g/mol. The SMILES string of the molecule is CC(C(N)=O)C(CO)(CO)CO. The fraction of sp³-hybridized carbons (Fsp3) is 0.857. The normalized spacial score (nSPS) is 14.3. The third-order valence-electron chi connectivity index (χ3n) is 2.29. The Kier molecular flexibility index (Phi) is 4.16. The molecule has 0 aromatic carbocycles. The lowest BCUT2D eigenvalue weighted by atomic mass is 9.78. The summed E-state index contributed by atoms with van der Waals surface area (Å²) in [7, 11) is 0. The highest BCUT2D eigenvalue weighted by molar-refractivity contribution is 5.77. The van der Waals surface area contributed by atoms with E-state index in [-0.39, 0.29) is 0 Å². The Morgan fingerprint density at radius 3 is 1.75 bits per heavy atom. The van der Waals surface area contributed by atoms with Gasteiger partial charge in [0.25, 0.3) is 0 Å². The predicted molar refractivity (Wildman–Crippen MR) is 42.0 cm³/mol. The topological polar surface area (TPSA) is 104 Å². The number of carbonyl (C=O) groups is 1. The molecule has 0 aliphatic rings. The molecule has 0 rings (SSSR count). The van der Waals surface area contributed by atoms with Crippen LogP contribution in [0.15, 0.2) is 0 Å². The second-order valence-electron chi connectivity index (χ2n) is 2.96. The fourth-order valence-electron chi connectivity index (χ4n) is 0.863. The molecule has 0 aliphatic carbocycles. The quantitative estimate of drug-likeness (QED) is 0.392. The van der Waals surface area contributed by atoms with E-state index >= 15 is 0 Å². The van der Waals surface area contributed by atoms with Gasteiger partial charge in [-0.3, -0.25) is 4.79 Å². The van der Waals surface area contributed by atoms with Crippen LogP contribution in [0, 0.1) is 11.3 Å². The van der Waals surface area contributed by atoms with Crippen LogP contribution in [0.1, 0.15) is 6.92 Å². The summed E-state index contributed by atoms with van der Waals surface area (Å²) < 4.78 is 0. The Balaban J connectivity index is 4.58. The lowest BCUT2D eigenvalue weighted by Crippen LogP contribution is -2.45. The molecule has 12 heavy (non-hydrogen) atoms. The van der Waals surface area contributed by atoms with E-state index in [1.165, 1.54) is 6.92 Å². The zero-order chi connectivity index (χ0) is 9.78. The smallest absolute Gasteiger partial charge is 0.221 e. The van der Waals surface area contributed by atoms with Crippen molar-refractivity contribution in [1.29, 1.82) is 0 Å². The van der Waals surface area contributed by atoms with Crippen LogP contribution in [-0.4, -0.2) is 41.0 Å². The van der Waals surface area contributed by atoms with E-state index in [4.69, 9.17) is 21.1 Å². The summed E-state index contributed by atoms with van der Waals surface area (Å²) in [6, 6.07) is 0. The maximum atomic E-state index is 10.7. The number of hydrogen-bond acceptors (Lipinski definition) is 4. The van der Waals surface area contributed by atoms with E-state index < -0.39 is 37.1 Å². The second-order valence-corrected chi connectivity index (χ2v) is 2.96. The first-order valence-corrected chi connectivity index (χ1v) is 3.66. The molecule has 0 fully saturated rings. The van der Waals surface area contributed by atoms with Crippen molar-refractivity contribution < 1.29 is 20.1 Å². The summed E-state index contributed by atoms with van der Waals surface area (Å²) >= 11 is 0. The molecule has 0 radical (unpaired) electrons. The van der Waals surface area contributed by atoms with Gasteiger partial charge in [-0.2, -0.15) is 0 Å². The molecular formula is C7H15NO4. The molecule has 1 unspecified atom stereocenters. The molecule has 0 bridgehead atoms. The van der Waals surface area contributed by atoms with Crippen molar-refractivity contribution >= 4 is 5.91 Å². The molecule has 0 saturated heterocycles. The van der Waals surface area contributed by atoms with Gasteiger partial charge in [0.2, 0.25) is 5.91 Å². The molecule has 5 N–H and O–H groups in total. The van der Waals surface area contributed by atoms with Gasteiger partial charge in [-0.15, -0.1) is 0 Å². The number of carbonyl (C=O) groups excluding carboxylic acids is 1. The summed E-state index contributed by atoms with van der Waals surface area (Å²) in [6.45, 7) is 0.0588. The maximum absolute atomic E-state index is 10.7. The average molecular weight is 177 g/mol. The predicted octanol–water partition coefficient (Wildman–Crippen LogP) is -1.93. The monoisotopic (exact) mass is 177 g/mol. The number of aliphatic hydroxyl groups is 3. The van der Waals surface area contributed by atoms with Crippen LogP contribution >= 0.6 is 0 Å². The summed E-state index contributed by atoms with van der Waals surface area (Å²) in [6.07, 6.45) is 0. The number of amides is 1. The van der Waals surface area contributed by atoms with Gasteiger partial charge in [0.05, 0.1) is 25.2 Å². The minimum absolute atomic E-state index is 0.468. The van der Waals surface area contributed by atoms with E-state index in [1.54, 1.807) is 0 Å². The summed E-state index contributed by atoms with van der Waals surface area (Å²) in [5.74, 6) is -1.40. The highest BCUT2D eigenvalue weighted by atomic mass is 16.3. The molecule has 5 heteroatoms. The second kappa shape index (κ2) is 4.39. The van der Waals surface area contributed by atoms with Gasteiger partial charge in [-0.25, -0.2) is 0 Å². The molecule has 0 spiro atoms. The van der Waals surface area contributed by atoms with Crippen molar-refractivity contribution in [2.24, 2.45) is 17.1 Å². The number of aliphatic hydroxyl groups excluding tert-OH is 3. The van der Waals surface area contributed by atoms with Gasteiger partial charge in [-0.1, -0.05) is 6.92 Å². The van der Waals surface area contributed by atoms with E-state index in [0.29, 0.717) is 0 Å². The van der Waals surface area contributed by atoms with Gasteiger partial charge >= 0.3 is 0 Å². The molecule has 0 aromatic heterocycles. The highest BCUT2D eigenvalue weighted by Gasteiger charge is 2.37. The lowest BCUT2D eigenvalue weighted by Gasteiger charge is -2.31. The first-order chi connectivity index (χ1) is 5.54. The van der Waals surface area contributed by atoms with Crippen LogP contribution in [0.5, 0.6) is 0 Å². The number of rotatable bonds is 5. The molecule has 72 valence electrons. The van der Waals surface area contributed by atoms with Crippen molar-refractivity contribution in [2.75, 3.05) is 19.8 Å². The summed E-state index contributed by atoms with van der Waals surface area (Å²) in [4.78, 5) is 10.7. The van der Waals surface area contributed by atoms with Crippen LogP contribution in [0.4, 0.5) is 0 Å². The summed E-state index contributed by atoms with van der Waals surface area (Å²) in [5, 5.41) is 26.6. The zero-order valence-corrected chi connectivity index (χ0v) is 7.03. The van der Waals surface area contributed by atoms with Crippen LogP contribution in [0.25, 0.3) is 0 Å². The van der Waals surface area contributed by atoms with Gasteiger partial charge < -0.3 is 21.1 Å². The molecule has 0 aliphatic heterocycles. The maximum Gasteiger partial charge on any atom is 0.221 e. The first kappa shape index (κ1) is 11.4. The molecule has 1 amide bonds. The van der Waals surface area contributed by atoms with E-state index in [1.807, 2.05) is 0 Å². The van der Waals surface area contributed by atoms with Gasteiger partial charge in [0.1, 0.15) is 0 Å². The van der Waals surface area contributed by atoms with Gasteiger partial charge in [0.15, 0.2) is 0 Å². The Morgan fingerprint density at radius 2 is 1.67 bits per heavy atom. The van der Waals surface area contributed by atoms with E-state index in [2.05, 4.69) is 0 Å². The molecule has 5 nitrogen and oxygen atoms in total. The molecule has 0 heterocycles. The van der Waals surface area contributed by atoms with E-state index in [9.17, 15) is 4.79 Å². The standard InChI is InChI=1S/C7H15NO4/c1-5(6(8)12)7(2-9,3-10)4-11/h5,9-11H,2-4H2,1H3,(H2,8,12). The molecule has 0 saturated carbocycles. The van der Waals surface area contributed by atoms with Crippen LogP contribution < -0.4 is 5.73 Å².